The van der Waals surface area contributed by atoms with Crippen LogP contribution in [0.4, 0.5) is 5.82 Å². The van der Waals surface area contributed by atoms with Crippen molar-refractivity contribution in [2.24, 2.45) is 0 Å². The highest BCUT2D eigenvalue weighted by molar-refractivity contribution is 6.08. The van der Waals surface area contributed by atoms with Crippen LogP contribution in [-0.4, -0.2) is 35.8 Å². The van der Waals surface area contributed by atoms with Crippen LogP contribution in [0.2, 0.25) is 0 Å². The Morgan fingerprint density at radius 3 is 2.40 bits per heavy atom. The Kier molecular flexibility index (Phi) is 2.10. The van der Waals surface area contributed by atoms with E-state index >= 15 is 0 Å². The molecule has 0 radical (unpaired) electrons. The van der Waals surface area contributed by atoms with Crippen molar-refractivity contribution in [2.75, 3.05) is 5.73 Å². The molecule has 0 spiro atoms. The van der Waals surface area contributed by atoms with E-state index in [9.17, 15) is 0 Å². The smallest absolute Gasteiger partial charge is 0.117 e. The molecule has 1 aromatic carbocycles. The second-order valence-electron chi connectivity index (χ2n) is 4.35. The number of nitrogens with one attached hydrogen (secondary N) is 3. The Bertz CT molecular complexity index is 857. The van der Waals surface area contributed by atoms with Crippen LogP contribution in [0.25, 0.3) is 33.4 Å². The molecular formula is C12H10N8. The fraction of sp³-hybridized carbons (Fsp3) is 0. The average Bonchev–Trinajstić information content (AvgIpc) is 3.18. The molecule has 8 heteroatoms. The van der Waals surface area contributed by atoms with Crippen molar-refractivity contribution in [1.29, 1.82) is 0 Å². The molecule has 4 aromatic rings. The molecule has 0 saturated carbocycles. The summed E-state index contributed by atoms with van der Waals surface area (Å²) in [6.45, 7) is 0. The molecule has 0 aliphatic heterocycles. The van der Waals surface area contributed by atoms with Crippen molar-refractivity contribution < 1.29 is 0 Å². The van der Waals surface area contributed by atoms with Gasteiger partial charge in [0.2, 0.25) is 0 Å². The van der Waals surface area contributed by atoms with E-state index in [-0.39, 0.29) is 0 Å². The highest BCUT2D eigenvalue weighted by Gasteiger charge is 2.18. The lowest BCUT2D eigenvalue weighted by atomic mass is 10.0. The molecule has 98 valence electrons. The molecule has 0 unspecified atom stereocenters. The molecule has 0 aliphatic carbocycles. The summed E-state index contributed by atoms with van der Waals surface area (Å²) < 4.78 is 0. The van der Waals surface area contributed by atoms with Gasteiger partial charge in [-0.05, 0) is 6.07 Å². The number of benzene rings is 1. The number of hydrogen-bond acceptors (Lipinski definition) is 5. The zero-order valence-corrected chi connectivity index (χ0v) is 10.3. The van der Waals surface area contributed by atoms with Gasteiger partial charge >= 0.3 is 0 Å². The summed E-state index contributed by atoms with van der Waals surface area (Å²) in [4.78, 5) is 3.16. The minimum absolute atomic E-state index is 0.546. The maximum absolute atomic E-state index is 6.09. The average molecular weight is 266 g/mol. The van der Waals surface area contributed by atoms with Gasteiger partial charge < -0.3 is 10.7 Å². The van der Waals surface area contributed by atoms with Crippen LogP contribution in [0, 0.1) is 0 Å². The lowest BCUT2D eigenvalue weighted by molar-refractivity contribution is 0.942. The van der Waals surface area contributed by atoms with Crippen LogP contribution in [0.5, 0.6) is 0 Å². The van der Waals surface area contributed by atoms with Gasteiger partial charge in [0, 0.05) is 16.5 Å². The first-order valence-corrected chi connectivity index (χ1v) is 5.97. The van der Waals surface area contributed by atoms with Gasteiger partial charge in [-0.1, -0.05) is 12.1 Å². The topological polar surface area (TPSA) is 125 Å². The summed E-state index contributed by atoms with van der Waals surface area (Å²) in [6.07, 6.45) is 3.31. The SMILES string of the molecule is Nc1[nH]c2cccc(-c3cn[nH]n3)c2c1-c1cn[nH]n1. The highest BCUT2D eigenvalue weighted by Crippen LogP contribution is 2.38. The number of anilines is 1. The van der Waals surface area contributed by atoms with Crippen LogP contribution in [0.3, 0.4) is 0 Å². The lowest BCUT2D eigenvalue weighted by Crippen LogP contribution is -1.88. The van der Waals surface area contributed by atoms with E-state index in [1.165, 1.54) is 0 Å². The second-order valence-corrected chi connectivity index (χ2v) is 4.35. The zero-order chi connectivity index (χ0) is 13.5. The van der Waals surface area contributed by atoms with Crippen LogP contribution < -0.4 is 5.73 Å². The van der Waals surface area contributed by atoms with E-state index in [0.29, 0.717) is 11.5 Å². The third-order valence-corrected chi connectivity index (χ3v) is 3.22. The quantitative estimate of drug-likeness (QED) is 0.435. The van der Waals surface area contributed by atoms with Gasteiger partial charge in [-0.25, -0.2) is 0 Å². The number of aromatic nitrogens is 7. The number of nitrogens with zero attached hydrogens (tertiary/aromatic N) is 4. The maximum Gasteiger partial charge on any atom is 0.117 e. The number of aromatic amines is 3. The minimum atomic E-state index is 0.546. The van der Waals surface area contributed by atoms with E-state index in [0.717, 1.165) is 27.7 Å². The van der Waals surface area contributed by atoms with Crippen molar-refractivity contribution in [3.05, 3.63) is 30.6 Å². The number of rotatable bonds is 2. The maximum atomic E-state index is 6.09. The van der Waals surface area contributed by atoms with Gasteiger partial charge in [0.15, 0.2) is 0 Å². The standard InChI is InChI=1S/C12H10N8/c13-12-11(9-5-15-20-18-9)10-6(8-4-14-19-17-8)2-1-3-7(10)16-12/h1-5,16H,13H2,(H,14,17,19)(H,15,18,20). The van der Waals surface area contributed by atoms with Crippen LogP contribution in [0.1, 0.15) is 0 Å². The lowest BCUT2D eigenvalue weighted by Gasteiger charge is -2.01. The van der Waals surface area contributed by atoms with Gasteiger partial charge in [-0.2, -0.15) is 30.8 Å². The first-order valence-electron chi connectivity index (χ1n) is 5.97. The van der Waals surface area contributed by atoms with Crippen LogP contribution in [-0.2, 0) is 0 Å². The van der Waals surface area contributed by atoms with E-state index < -0.39 is 0 Å². The Balaban J connectivity index is 2.11. The predicted octanol–water partition coefficient (Wildman–Crippen LogP) is 1.32. The molecule has 0 saturated heterocycles. The van der Waals surface area contributed by atoms with Crippen molar-refractivity contribution in [3.63, 3.8) is 0 Å². The van der Waals surface area contributed by atoms with Crippen LogP contribution in [0.15, 0.2) is 30.6 Å². The fourth-order valence-corrected chi connectivity index (χ4v) is 2.40. The van der Waals surface area contributed by atoms with Crippen molar-refractivity contribution >= 4 is 16.7 Å². The molecular weight excluding hydrogens is 256 g/mol. The number of nitrogen functional groups attached to an aromatic ring is 1. The predicted molar refractivity (Wildman–Crippen MR) is 73.5 cm³/mol. The first kappa shape index (κ1) is 10.7. The van der Waals surface area contributed by atoms with E-state index in [1.807, 2.05) is 18.2 Å². The van der Waals surface area contributed by atoms with Crippen molar-refractivity contribution in [3.8, 4) is 22.5 Å². The molecule has 3 aromatic heterocycles. The van der Waals surface area contributed by atoms with E-state index in [4.69, 9.17) is 5.73 Å². The third kappa shape index (κ3) is 1.41. The molecule has 0 fully saturated rings. The summed E-state index contributed by atoms with van der Waals surface area (Å²) in [6, 6.07) is 5.87. The Hall–Kier alpha value is -3.16. The van der Waals surface area contributed by atoms with Gasteiger partial charge in [0.05, 0.1) is 18.0 Å². The fourth-order valence-electron chi connectivity index (χ4n) is 2.40. The van der Waals surface area contributed by atoms with Crippen molar-refractivity contribution in [2.45, 2.75) is 0 Å². The normalized spacial score (nSPS) is 11.2. The van der Waals surface area contributed by atoms with Crippen molar-refractivity contribution in [1.82, 2.24) is 35.8 Å². The molecule has 4 rings (SSSR count). The largest absolute Gasteiger partial charge is 0.385 e. The molecule has 3 heterocycles. The first-order chi connectivity index (χ1) is 9.84. The monoisotopic (exact) mass is 266 g/mol. The Morgan fingerprint density at radius 1 is 0.950 bits per heavy atom. The number of H-pyrrole nitrogens is 3. The van der Waals surface area contributed by atoms with Crippen LogP contribution >= 0.6 is 0 Å². The summed E-state index contributed by atoms with van der Waals surface area (Å²) in [5.74, 6) is 0.546. The van der Waals surface area contributed by atoms with E-state index in [2.05, 4.69) is 35.8 Å². The Morgan fingerprint density at radius 2 is 1.70 bits per heavy atom. The minimum Gasteiger partial charge on any atom is -0.385 e. The second kappa shape index (κ2) is 3.92. The highest BCUT2D eigenvalue weighted by atomic mass is 15.3. The number of fused-ring (bicyclic) bond motifs is 1. The molecule has 0 amide bonds. The number of nitrogens with two attached hydrogens (primary N) is 1. The van der Waals surface area contributed by atoms with Gasteiger partial charge in [0.25, 0.3) is 0 Å². The Labute approximate surface area is 112 Å². The molecule has 0 atom stereocenters. The number of hydrogen-bond donors (Lipinski definition) is 4. The van der Waals surface area contributed by atoms with Gasteiger partial charge in [-0.3, -0.25) is 0 Å². The summed E-state index contributed by atoms with van der Waals surface area (Å²) in [7, 11) is 0. The van der Waals surface area contributed by atoms with Gasteiger partial charge in [0.1, 0.15) is 17.2 Å². The third-order valence-electron chi connectivity index (χ3n) is 3.22. The van der Waals surface area contributed by atoms with E-state index in [1.54, 1.807) is 12.4 Å². The molecule has 5 N–H and O–H groups in total. The molecule has 8 nitrogen and oxygen atoms in total. The molecule has 20 heavy (non-hydrogen) atoms. The summed E-state index contributed by atoms with van der Waals surface area (Å²) in [5.41, 5.74) is 10.2. The summed E-state index contributed by atoms with van der Waals surface area (Å²) in [5, 5.41) is 22.1. The zero-order valence-electron chi connectivity index (χ0n) is 10.3. The molecule has 0 bridgehead atoms. The molecule has 0 aliphatic rings. The van der Waals surface area contributed by atoms with Gasteiger partial charge in [-0.15, -0.1) is 0 Å². The summed E-state index contributed by atoms with van der Waals surface area (Å²) >= 11 is 0.